The van der Waals surface area contributed by atoms with Gasteiger partial charge in [-0.3, -0.25) is 0 Å². The van der Waals surface area contributed by atoms with Crippen molar-refractivity contribution in [3.8, 4) is 0 Å². The minimum Gasteiger partial charge on any atom is -0.314 e. The highest BCUT2D eigenvalue weighted by atomic mass is 19.1. The number of aryl methyl sites for hydroxylation is 1. The molecule has 0 spiro atoms. The molecule has 4 nitrogen and oxygen atoms in total. The van der Waals surface area contributed by atoms with Crippen molar-refractivity contribution in [2.75, 3.05) is 0 Å². The zero-order valence-electron chi connectivity index (χ0n) is 12.3. The van der Waals surface area contributed by atoms with Gasteiger partial charge in [-0.15, -0.1) is 10.2 Å². The van der Waals surface area contributed by atoms with Gasteiger partial charge >= 0.3 is 0 Å². The highest BCUT2D eigenvalue weighted by molar-refractivity contribution is 5.21. The summed E-state index contributed by atoms with van der Waals surface area (Å²) < 4.78 is 16.1. The number of rotatable bonds is 5. The van der Waals surface area contributed by atoms with Crippen LogP contribution in [0.15, 0.2) is 24.3 Å². The predicted molar refractivity (Wildman–Crippen MR) is 79.2 cm³/mol. The molecule has 2 heterocycles. The number of nitrogens with one attached hydrogen (secondary N) is 1. The monoisotopic (exact) mass is 288 g/mol. The molecule has 0 saturated carbocycles. The fourth-order valence-corrected chi connectivity index (χ4v) is 2.95. The highest BCUT2D eigenvalue weighted by Gasteiger charge is 2.18. The van der Waals surface area contributed by atoms with Crippen molar-refractivity contribution in [1.82, 2.24) is 20.1 Å². The molecule has 1 aliphatic heterocycles. The zero-order valence-corrected chi connectivity index (χ0v) is 12.3. The third-order valence-electron chi connectivity index (χ3n) is 4.13. The van der Waals surface area contributed by atoms with Crippen LogP contribution in [0.5, 0.6) is 0 Å². The molecule has 1 unspecified atom stereocenters. The molecule has 1 aromatic heterocycles. The van der Waals surface area contributed by atoms with Gasteiger partial charge in [0, 0.05) is 24.6 Å². The largest absolute Gasteiger partial charge is 0.314 e. The normalized spacial score (nSPS) is 15.7. The number of hydrogen-bond acceptors (Lipinski definition) is 3. The molecule has 1 aromatic carbocycles. The third kappa shape index (κ3) is 2.97. The SMILES string of the molecule is CCC(NCc1nnc2n1CCCC2)c1ccccc1F. The standard InChI is InChI=1S/C16H21FN4/c1-2-14(12-7-3-4-8-13(12)17)18-11-16-20-19-15-9-5-6-10-21(15)16/h3-4,7-8,14,18H,2,5-6,9-11H2,1H3. The van der Waals surface area contributed by atoms with Crippen molar-refractivity contribution >= 4 is 0 Å². The molecule has 0 bridgehead atoms. The molecule has 1 aliphatic rings. The lowest BCUT2D eigenvalue weighted by molar-refractivity contribution is 0.456. The van der Waals surface area contributed by atoms with E-state index in [4.69, 9.17) is 0 Å². The Morgan fingerprint density at radius 1 is 1.29 bits per heavy atom. The van der Waals surface area contributed by atoms with Gasteiger partial charge in [-0.05, 0) is 25.3 Å². The van der Waals surface area contributed by atoms with Crippen LogP contribution in [-0.4, -0.2) is 14.8 Å². The Bertz CT molecular complexity index is 608. The van der Waals surface area contributed by atoms with Crippen molar-refractivity contribution in [3.63, 3.8) is 0 Å². The Balaban J connectivity index is 1.71. The lowest BCUT2D eigenvalue weighted by Crippen LogP contribution is -2.24. The van der Waals surface area contributed by atoms with E-state index in [0.29, 0.717) is 6.54 Å². The maximum Gasteiger partial charge on any atom is 0.147 e. The first-order valence-corrected chi connectivity index (χ1v) is 7.68. The first-order valence-electron chi connectivity index (χ1n) is 7.68. The molecule has 0 saturated heterocycles. The molecule has 2 aromatic rings. The van der Waals surface area contributed by atoms with Gasteiger partial charge in [0.1, 0.15) is 17.5 Å². The van der Waals surface area contributed by atoms with Gasteiger partial charge in [0.2, 0.25) is 0 Å². The summed E-state index contributed by atoms with van der Waals surface area (Å²) in [6.45, 7) is 3.68. The van der Waals surface area contributed by atoms with Crippen molar-refractivity contribution in [1.29, 1.82) is 0 Å². The molecule has 1 atom stereocenters. The van der Waals surface area contributed by atoms with Crippen LogP contribution in [0.2, 0.25) is 0 Å². The summed E-state index contributed by atoms with van der Waals surface area (Å²) in [7, 11) is 0. The fraction of sp³-hybridized carbons (Fsp3) is 0.500. The molecular weight excluding hydrogens is 267 g/mol. The van der Waals surface area contributed by atoms with Crippen LogP contribution in [0.25, 0.3) is 0 Å². The second kappa shape index (κ2) is 6.35. The zero-order chi connectivity index (χ0) is 14.7. The van der Waals surface area contributed by atoms with Gasteiger partial charge in [0.05, 0.1) is 6.54 Å². The van der Waals surface area contributed by atoms with Crippen molar-refractivity contribution < 1.29 is 4.39 Å². The van der Waals surface area contributed by atoms with Gasteiger partial charge < -0.3 is 9.88 Å². The summed E-state index contributed by atoms with van der Waals surface area (Å²) in [6.07, 6.45) is 4.22. The number of nitrogens with zero attached hydrogens (tertiary/aromatic N) is 3. The quantitative estimate of drug-likeness (QED) is 0.919. The Labute approximate surface area is 124 Å². The molecule has 3 rings (SSSR count). The van der Waals surface area contributed by atoms with Crippen LogP contribution in [0, 0.1) is 5.82 Å². The smallest absolute Gasteiger partial charge is 0.147 e. The first kappa shape index (κ1) is 14.2. The average Bonchev–Trinajstić information content (AvgIpc) is 2.93. The topological polar surface area (TPSA) is 42.7 Å². The van der Waals surface area contributed by atoms with Crippen molar-refractivity contribution in [2.24, 2.45) is 0 Å². The lowest BCUT2D eigenvalue weighted by atomic mass is 10.0. The Kier molecular flexibility index (Phi) is 4.29. The Morgan fingerprint density at radius 3 is 2.95 bits per heavy atom. The maximum atomic E-state index is 13.9. The molecule has 5 heteroatoms. The van der Waals surface area contributed by atoms with Gasteiger partial charge in [-0.25, -0.2) is 4.39 Å². The minimum absolute atomic E-state index is 0.00254. The molecule has 0 radical (unpaired) electrons. The first-order chi connectivity index (χ1) is 10.3. The van der Waals surface area contributed by atoms with E-state index < -0.39 is 0 Å². The lowest BCUT2D eigenvalue weighted by Gasteiger charge is -2.19. The Hall–Kier alpha value is -1.75. The van der Waals surface area contributed by atoms with E-state index in [2.05, 4.69) is 27.0 Å². The average molecular weight is 288 g/mol. The van der Waals surface area contributed by atoms with E-state index in [1.807, 2.05) is 12.1 Å². The molecule has 1 N–H and O–H groups in total. The van der Waals surface area contributed by atoms with E-state index in [1.165, 1.54) is 18.9 Å². The minimum atomic E-state index is -0.153. The van der Waals surface area contributed by atoms with Gasteiger partial charge in [0.25, 0.3) is 0 Å². The highest BCUT2D eigenvalue weighted by Crippen LogP contribution is 2.21. The second-order valence-corrected chi connectivity index (χ2v) is 5.50. The fourth-order valence-electron chi connectivity index (χ4n) is 2.95. The molecule has 21 heavy (non-hydrogen) atoms. The van der Waals surface area contributed by atoms with Crippen LogP contribution in [0.3, 0.4) is 0 Å². The predicted octanol–water partition coefficient (Wildman–Crippen LogP) is 2.99. The Morgan fingerprint density at radius 2 is 2.14 bits per heavy atom. The van der Waals surface area contributed by atoms with Crippen molar-refractivity contribution in [2.45, 2.75) is 51.7 Å². The van der Waals surface area contributed by atoms with Gasteiger partial charge in [-0.2, -0.15) is 0 Å². The van der Waals surface area contributed by atoms with Crippen LogP contribution in [-0.2, 0) is 19.5 Å². The molecular formula is C16H21FN4. The maximum absolute atomic E-state index is 13.9. The number of benzene rings is 1. The van der Waals surface area contributed by atoms with Gasteiger partial charge in [-0.1, -0.05) is 25.1 Å². The summed E-state index contributed by atoms with van der Waals surface area (Å²) >= 11 is 0. The molecule has 0 fully saturated rings. The van der Waals surface area contributed by atoms with E-state index in [-0.39, 0.29) is 11.9 Å². The van der Waals surface area contributed by atoms with Crippen molar-refractivity contribution in [3.05, 3.63) is 47.3 Å². The molecule has 112 valence electrons. The van der Waals surface area contributed by atoms with Crippen LogP contribution >= 0.6 is 0 Å². The third-order valence-corrected chi connectivity index (χ3v) is 4.13. The van der Waals surface area contributed by atoms with E-state index in [9.17, 15) is 4.39 Å². The van der Waals surface area contributed by atoms with E-state index in [0.717, 1.165) is 36.6 Å². The number of halogens is 1. The summed E-state index contributed by atoms with van der Waals surface area (Å²) in [5, 5.41) is 11.9. The summed E-state index contributed by atoms with van der Waals surface area (Å²) in [5.41, 5.74) is 0.721. The van der Waals surface area contributed by atoms with Crippen LogP contribution in [0.4, 0.5) is 4.39 Å². The second-order valence-electron chi connectivity index (χ2n) is 5.50. The molecule has 0 aliphatic carbocycles. The van der Waals surface area contributed by atoms with Gasteiger partial charge in [0.15, 0.2) is 0 Å². The molecule has 0 amide bonds. The number of hydrogen-bond donors (Lipinski definition) is 1. The number of fused-ring (bicyclic) bond motifs is 1. The summed E-state index contributed by atoms with van der Waals surface area (Å²) in [6, 6.07) is 6.96. The van der Waals surface area contributed by atoms with E-state index >= 15 is 0 Å². The summed E-state index contributed by atoms with van der Waals surface area (Å²) in [5.74, 6) is 1.89. The van der Waals surface area contributed by atoms with Crippen LogP contribution in [0.1, 0.15) is 49.4 Å². The number of aromatic nitrogens is 3. The summed E-state index contributed by atoms with van der Waals surface area (Å²) in [4.78, 5) is 0. The van der Waals surface area contributed by atoms with Crippen LogP contribution < -0.4 is 5.32 Å². The van der Waals surface area contributed by atoms with E-state index in [1.54, 1.807) is 6.07 Å².